The molecule has 0 aliphatic carbocycles. The number of carbonyl (C=O) groups is 2. The zero-order valence-electron chi connectivity index (χ0n) is 7.78. The zero-order chi connectivity index (χ0) is 10.4. The summed E-state index contributed by atoms with van der Waals surface area (Å²) in [5.74, 6) is -0.610. The molecule has 1 aliphatic heterocycles. The minimum absolute atomic E-state index is 0. The average molecular weight is 237 g/mol. The van der Waals surface area contributed by atoms with Crippen molar-refractivity contribution in [2.24, 2.45) is 0 Å². The van der Waals surface area contributed by atoms with Crippen LogP contribution >= 0.6 is 0 Å². The molecular weight excluding hydrogens is 229 g/mol. The van der Waals surface area contributed by atoms with Gasteiger partial charge in [-0.25, -0.2) is 0 Å². The molecule has 0 unspecified atom stereocenters. The summed E-state index contributed by atoms with van der Waals surface area (Å²) in [6.07, 6.45) is 0. The summed E-state index contributed by atoms with van der Waals surface area (Å²) < 4.78 is 0. The van der Waals surface area contributed by atoms with Gasteiger partial charge in [0.15, 0.2) is 0 Å². The number of benzene rings is 2. The van der Waals surface area contributed by atoms with Gasteiger partial charge < -0.3 is 0 Å². The maximum atomic E-state index is 11.4. The molecule has 2 aromatic rings. The molecule has 0 atom stereocenters. The molecule has 2 aromatic carbocycles. The number of fused-ring (bicyclic) bond motifs is 2. The summed E-state index contributed by atoms with van der Waals surface area (Å²) >= 11 is 0. The number of hydrogen-bond acceptors (Lipinski definition) is 2. The molecule has 1 heterocycles. The van der Waals surface area contributed by atoms with E-state index in [2.05, 4.69) is 5.32 Å². The van der Waals surface area contributed by atoms with Gasteiger partial charge in [0.2, 0.25) is 0 Å². The third kappa shape index (κ3) is 1.76. The molecule has 1 aliphatic rings. The summed E-state index contributed by atoms with van der Waals surface area (Å²) in [6, 6.07) is 11.2. The Bertz CT molecular complexity index is 554. The second-order valence-electron chi connectivity index (χ2n) is 3.53. The monoisotopic (exact) mass is 237 g/mol. The molecule has 0 radical (unpaired) electrons. The van der Waals surface area contributed by atoms with Gasteiger partial charge in [0.05, 0.1) is 11.1 Å². The molecular formula is C12H8KNO2. The maximum absolute atomic E-state index is 11.4. The second-order valence-corrected chi connectivity index (χ2v) is 3.53. The van der Waals surface area contributed by atoms with E-state index in [1.54, 1.807) is 12.1 Å². The van der Waals surface area contributed by atoms with Gasteiger partial charge in [-0.15, -0.1) is 0 Å². The van der Waals surface area contributed by atoms with E-state index in [-0.39, 0.29) is 63.2 Å². The van der Waals surface area contributed by atoms with Crippen LogP contribution in [-0.4, -0.2) is 63.2 Å². The number of amides is 2. The van der Waals surface area contributed by atoms with Crippen molar-refractivity contribution >= 4 is 74.0 Å². The summed E-state index contributed by atoms with van der Waals surface area (Å²) in [4.78, 5) is 22.8. The molecule has 4 heteroatoms. The van der Waals surface area contributed by atoms with Crippen molar-refractivity contribution in [1.29, 1.82) is 0 Å². The Kier molecular flexibility index (Phi) is 3.28. The third-order valence-corrected chi connectivity index (χ3v) is 2.60. The Hall–Kier alpha value is -0.524. The fourth-order valence-electron chi connectivity index (χ4n) is 1.85. The molecule has 0 saturated heterocycles. The van der Waals surface area contributed by atoms with Crippen molar-refractivity contribution in [3.05, 3.63) is 47.5 Å². The Balaban J connectivity index is 0.000000963. The van der Waals surface area contributed by atoms with E-state index in [4.69, 9.17) is 0 Å². The average Bonchev–Trinajstić information content (AvgIpc) is 2.52. The van der Waals surface area contributed by atoms with Gasteiger partial charge in [0.25, 0.3) is 11.8 Å². The molecule has 3 rings (SSSR count). The summed E-state index contributed by atoms with van der Waals surface area (Å²) in [5.41, 5.74) is 0.942. The van der Waals surface area contributed by atoms with Crippen LogP contribution < -0.4 is 5.32 Å². The van der Waals surface area contributed by atoms with Crippen molar-refractivity contribution < 1.29 is 9.59 Å². The Labute approximate surface area is 135 Å². The fraction of sp³-hybridized carbons (Fsp3) is 0. The summed E-state index contributed by atoms with van der Waals surface area (Å²) in [6.45, 7) is 0. The molecule has 0 spiro atoms. The topological polar surface area (TPSA) is 46.2 Å². The first-order valence-corrected chi connectivity index (χ1v) is 4.64. The SMILES string of the molecule is O=C1NC(=O)c2cc3ccccc3cc21.[KH]. The van der Waals surface area contributed by atoms with E-state index in [1.807, 2.05) is 24.3 Å². The fourth-order valence-corrected chi connectivity index (χ4v) is 1.85. The number of rotatable bonds is 0. The molecule has 3 nitrogen and oxygen atoms in total. The molecule has 0 aromatic heterocycles. The quantitative estimate of drug-likeness (QED) is 0.550. The molecule has 16 heavy (non-hydrogen) atoms. The van der Waals surface area contributed by atoms with Crippen LogP contribution in [0.4, 0.5) is 0 Å². The van der Waals surface area contributed by atoms with Crippen LogP contribution in [0.1, 0.15) is 20.7 Å². The van der Waals surface area contributed by atoms with Crippen LogP contribution in [0.2, 0.25) is 0 Å². The number of carbonyl (C=O) groups excluding carboxylic acids is 2. The van der Waals surface area contributed by atoms with E-state index in [0.29, 0.717) is 11.1 Å². The van der Waals surface area contributed by atoms with E-state index in [0.717, 1.165) is 10.8 Å². The van der Waals surface area contributed by atoms with Crippen LogP contribution in [-0.2, 0) is 0 Å². The first-order valence-electron chi connectivity index (χ1n) is 4.64. The van der Waals surface area contributed by atoms with Gasteiger partial charge in [0, 0.05) is 0 Å². The predicted octanol–water partition coefficient (Wildman–Crippen LogP) is 1.07. The summed E-state index contributed by atoms with van der Waals surface area (Å²) in [7, 11) is 0. The van der Waals surface area contributed by atoms with E-state index < -0.39 is 0 Å². The van der Waals surface area contributed by atoms with E-state index in [9.17, 15) is 9.59 Å². The minimum atomic E-state index is -0.305. The number of imide groups is 1. The van der Waals surface area contributed by atoms with Crippen LogP contribution in [0.3, 0.4) is 0 Å². The number of hydrogen-bond donors (Lipinski definition) is 1. The molecule has 0 fully saturated rings. The van der Waals surface area contributed by atoms with Crippen molar-refractivity contribution in [2.45, 2.75) is 0 Å². The van der Waals surface area contributed by atoms with Gasteiger partial charge in [0.1, 0.15) is 0 Å². The second kappa shape index (κ2) is 4.39. The first-order chi connectivity index (χ1) is 7.25. The Morgan fingerprint density at radius 1 is 0.812 bits per heavy atom. The van der Waals surface area contributed by atoms with E-state index >= 15 is 0 Å². The number of nitrogens with one attached hydrogen (secondary N) is 1. The molecule has 0 bridgehead atoms. The van der Waals surface area contributed by atoms with Crippen molar-refractivity contribution in [3.63, 3.8) is 0 Å². The van der Waals surface area contributed by atoms with Crippen LogP contribution in [0, 0.1) is 0 Å². The van der Waals surface area contributed by atoms with Crippen LogP contribution in [0.5, 0.6) is 0 Å². The summed E-state index contributed by atoms with van der Waals surface area (Å²) in [5, 5.41) is 4.23. The van der Waals surface area contributed by atoms with Gasteiger partial charge in [-0.05, 0) is 22.9 Å². The normalized spacial score (nSPS) is 13.2. The van der Waals surface area contributed by atoms with Gasteiger partial charge in [-0.2, -0.15) is 0 Å². The van der Waals surface area contributed by atoms with Crippen LogP contribution in [0.25, 0.3) is 10.8 Å². The Morgan fingerprint density at radius 2 is 1.25 bits per heavy atom. The van der Waals surface area contributed by atoms with Gasteiger partial charge in [-0.3, -0.25) is 14.9 Å². The van der Waals surface area contributed by atoms with Crippen molar-refractivity contribution in [3.8, 4) is 0 Å². The van der Waals surface area contributed by atoms with Crippen molar-refractivity contribution in [2.75, 3.05) is 0 Å². The predicted molar refractivity (Wildman–Crippen MR) is 62.9 cm³/mol. The molecule has 0 saturated carbocycles. The molecule has 2 amide bonds. The van der Waals surface area contributed by atoms with E-state index in [1.165, 1.54) is 0 Å². The van der Waals surface area contributed by atoms with Gasteiger partial charge >= 0.3 is 51.4 Å². The van der Waals surface area contributed by atoms with Crippen molar-refractivity contribution in [1.82, 2.24) is 5.32 Å². The zero-order valence-corrected chi connectivity index (χ0v) is 7.78. The standard InChI is InChI=1S/C12H7NO2.K.H/c14-11-9-5-7-3-1-2-4-8(7)6-10(9)12(15)13-11;;/h1-6H,(H,13,14,15);;. The Morgan fingerprint density at radius 3 is 1.69 bits per heavy atom. The first kappa shape index (κ1) is 11.9. The third-order valence-electron chi connectivity index (χ3n) is 2.60. The molecule has 1 N–H and O–H groups in total. The molecule has 74 valence electrons. The van der Waals surface area contributed by atoms with Crippen LogP contribution in [0.15, 0.2) is 36.4 Å². The van der Waals surface area contributed by atoms with Gasteiger partial charge in [-0.1, -0.05) is 24.3 Å².